The van der Waals surface area contributed by atoms with Crippen molar-refractivity contribution in [3.8, 4) is 0 Å². The first-order valence-corrected chi connectivity index (χ1v) is 5.51. The average molecular weight is 265 g/mol. The first-order valence-electron chi connectivity index (χ1n) is 5.51. The van der Waals surface area contributed by atoms with Crippen LogP contribution in [0.5, 0.6) is 0 Å². The minimum absolute atomic E-state index is 0.269. The topological polar surface area (TPSA) is 131 Å². The van der Waals surface area contributed by atoms with Crippen LogP contribution >= 0.6 is 0 Å². The molecule has 4 N–H and O–H groups in total. The molecule has 0 radical (unpaired) electrons. The minimum Gasteiger partial charge on any atom is -0.347 e. The lowest BCUT2D eigenvalue weighted by Crippen LogP contribution is -2.19. The summed E-state index contributed by atoms with van der Waals surface area (Å²) < 4.78 is 4.86. The number of aryl methyl sites for hydroxylation is 1. The number of aromatic nitrogens is 5. The Balaban J connectivity index is 2.12. The number of rotatable bonds is 5. The Morgan fingerprint density at radius 3 is 2.47 bits per heavy atom. The Bertz CT molecular complexity index is 552. The van der Waals surface area contributed by atoms with Crippen molar-refractivity contribution in [3.63, 3.8) is 0 Å². The second kappa shape index (κ2) is 5.44. The van der Waals surface area contributed by atoms with E-state index in [2.05, 4.69) is 35.8 Å². The molecule has 0 aromatic carbocycles. The van der Waals surface area contributed by atoms with Crippen LogP contribution in [0.3, 0.4) is 0 Å². The van der Waals surface area contributed by atoms with Crippen LogP contribution in [0.4, 0.5) is 17.8 Å². The molecule has 2 rings (SSSR count). The number of hydrazine groups is 1. The van der Waals surface area contributed by atoms with Crippen molar-refractivity contribution in [1.29, 1.82) is 0 Å². The van der Waals surface area contributed by atoms with Crippen LogP contribution in [0.15, 0.2) is 4.52 Å². The van der Waals surface area contributed by atoms with Gasteiger partial charge in [-0.2, -0.15) is 19.9 Å². The summed E-state index contributed by atoms with van der Waals surface area (Å²) in [7, 11) is 3.64. The zero-order valence-corrected chi connectivity index (χ0v) is 10.9. The molecule has 10 nitrogen and oxygen atoms in total. The van der Waals surface area contributed by atoms with Crippen LogP contribution in [-0.2, 0) is 6.54 Å². The van der Waals surface area contributed by atoms with Gasteiger partial charge in [-0.05, 0) is 0 Å². The van der Waals surface area contributed by atoms with E-state index >= 15 is 0 Å². The molecule has 0 aliphatic carbocycles. The van der Waals surface area contributed by atoms with Gasteiger partial charge in [0.05, 0.1) is 6.54 Å². The highest BCUT2D eigenvalue weighted by Gasteiger charge is 2.08. The number of nitrogens with one attached hydrogen (secondary N) is 2. The third kappa shape index (κ3) is 3.25. The van der Waals surface area contributed by atoms with E-state index in [1.54, 1.807) is 11.8 Å². The summed E-state index contributed by atoms with van der Waals surface area (Å²) in [6.07, 6.45) is 0. The van der Waals surface area contributed by atoms with Gasteiger partial charge in [-0.15, -0.1) is 0 Å². The van der Waals surface area contributed by atoms with E-state index < -0.39 is 0 Å². The third-order valence-corrected chi connectivity index (χ3v) is 2.13. The predicted octanol–water partition coefficient (Wildman–Crippen LogP) is -0.473. The molecule has 0 spiro atoms. The highest BCUT2D eigenvalue weighted by molar-refractivity contribution is 5.42. The van der Waals surface area contributed by atoms with Crippen LogP contribution < -0.4 is 21.5 Å². The number of hydrogen-bond donors (Lipinski definition) is 3. The minimum atomic E-state index is 0.269. The second-order valence-electron chi connectivity index (χ2n) is 3.90. The Hall–Kier alpha value is -2.49. The highest BCUT2D eigenvalue weighted by atomic mass is 16.5. The fourth-order valence-corrected chi connectivity index (χ4v) is 1.28. The number of nitrogens with zero attached hydrogens (tertiary/aromatic N) is 6. The van der Waals surface area contributed by atoms with Crippen molar-refractivity contribution in [2.24, 2.45) is 5.84 Å². The molecular formula is C9H15N9O. The lowest BCUT2D eigenvalue weighted by Gasteiger charge is -2.12. The molecule has 0 atom stereocenters. The summed E-state index contributed by atoms with van der Waals surface area (Å²) in [5.41, 5.74) is 2.39. The molecule has 19 heavy (non-hydrogen) atoms. The van der Waals surface area contributed by atoms with Crippen molar-refractivity contribution in [1.82, 2.24) is 25.1 Å². The van der Waals surface area contributed by atoms with E-state index in [-0.39, 0.29) is 5.95 Å². The maximum absolute atomic E-state index is 5.31. The smallest absolute Gasteiger partial charge is 0.243 e. The first kappa shape index (κ1) is 13.0. The van der Waals surface area contributed by atoms with Gasteiger partial charge >= 0.3 is 0 Å². The number of nitrogens with two attached hydrogens (primary N) is 1. The van der Waals surface area contributed by atoms with Crippen LogP contribution in [0.2, 0.25) is 0 Å². The Morgan fingerprint density at radius 1 is 1.16 bits per heavy atom. The molecular weight excluding hydrogens is 250 g/mol. The predicted molar refractivity (Wildman–Crippen MR) is 68.3 cm³/mol. The van der Waals surface area contributed by atoms with Crippen molar-refractivity contribution in [3.05, 3.63) is 11.7 Å². The molecule has 10 heteroatoms. The van der Waals surface area contributed by atoms with Crippen molar-refractivity contribution in [2.45, 2.75) is 13.5 Å². The first-order chi connectivity index (χ1) is 9.08. The molecule has 0 aliphatic rings. The normalized spacial score (nSPS) is 10.3. The van der Waals surface area contributed by atoms with Gasteiger partial charge in [-0.25, -0.2) is 5.84 Å². The molecule has 102 valence electrons. The summed E-state index contributed by atoms with van der Waals surface area (Å²) in [4.78, 5) is 18.2. The van der Waals surface area contributed by atoms with Crippen LogP contribution in [0.25, 0.3) is 0 Å². The van der Waals surface area contributed by atoms with Crippen LogP contribution in [-0.4, -0.2) is 39.2 Å². The summed E-state index contributed by atoms with van der Waals surface area (Å²) >= 11 is 0. The van der Waals surface area contributed by atoms with Crippen LogP contribution in [0, 0.1) is 6.92 Å². The van der Waals surface area contributed by atoms with E-state index in [9.17, 15) is 0 Å². The molecule has 0 aliphatic heterocycles. The molecule has 0 fully saturated rings. The van der Waals surface area contributed by atoms with Gasteiger partial charge in [0.1, 0.15) is 0 Å². The van der Waals surface area contributed by atoms with Gasteiger partial charge in [-0.1, -0.05) is 5.16 Å². The zero-order chi connectivity index (χ0) is 13.8. The molecule has 0 saturated carbocycles. The van der Waals surface area contributed by atoms with E-state index in [4.69, 9.17) is 10.4 Å². The fraction of sp³-hybridized carbons (Fsp3) is 0.444. The Kier molecular flexibility index (Phi) is 3.71. The Labute approximate surface area is 109 Å². The van der Waals surface area contributed by atoms with E-state index in [1.165, 1.54) is 0 Å². The van der Waals surface area contributed by atoms with Gasteiger partial charge in [0.2, 0.25) is 23.7 Å². The molecule has 0 saturated heterocycles. The largest absolute Gasteiger partial charge is 0.347 e. The summed E-state index contributed by atoms with van der Waals surface area (Å²) in [5, 5.41) is 6.74. The van der Waals surface area contributed by atoms with Gasteiger partial charge in [0.25, 0.3) is 0 Å². The lowest BCUT2D eigenvalue weighted by molar-refractivity contribution is 0.388. The van der Waals surface area contributed by atoms with Crippen molar-refractivity contribution in [2.75, 3.05) is 29.7 Å². The zero-order valence-electron chi connectivity index (χ0n) is 10.9. The monoisotopic (exact) mass is 265 g/mol. The average Bonchev–Trinajstić information content (AvgIpc) is 2.81. The molecule has 2 heterocycles. The van der Waals surface area contributed by atoms with E-state index in [0.29, 0.717) is 30.2 Å². The van der Waals surface area contributed by atoms with Gasteiger partial charge in [0.15, 0.2) is 5.82 Å². The van der Waals surface area contributed by atoms with Gasteiger partial charge in [0, 0.05) is 21.0 Å². The van der Waals surface area contributed by atoms with E-state index in [0.717, 1.165) is 0 Å². The number of nitrogen functional groups attached to an aromatic ring is 1. The number of hydrogen-bond acceptors (Lipinski definition) is 10. The fourth-order valence-electron chi connectivity index (χ4n) is 1.28. The summed E-state index contributed by atoms with van der Waals surface area (Å²) in [6.45, 7) is 2.07. The quantitative estimate of drug-likeness (QED) is 0.481. The maximum atomic E-state index is 5.31. The molecule has 0 bridgehead atoms. The van der Waals surface area contributed by atoms with Crippen LogP contribution in [0.1, 0.15) is 11.7 Å². The summed E-state index contributed by atoms with van der Waals surface area (Å²) in [6, 6.07) is 0. The van der Waals surface area contributed by atoms with Crippen molar-refractivity contribution >= 4 is 17.8 Å². The summed E-state index contributed by atoms with van der Waals surface area (Å²) in [5.74, 6) is 7.45. The maximum Gasteiger partial charge on any atom is 0.243 e. The van der Waals surface area contributed by atoms with Gasteiger partial charge < -0.3 is 14.7 Å². The SMILES string of the molecule is Cc1nc(CNc2nc(NN)nc(N(C)C)n2)no1. The molecule has 0 amide bonds. The van der Waals surface area contributed by atoms with Gasteiger partial charge in [-0.3, -0.25) is 5.43 Å². The number of anilines is 3. The van der Waals surface area contributed by atoms with E-state index in [1.807, 2.05) is 14.1 Å². The Morgan fingerprint density at radius 2 is 1.89 bits per heavy atom. The molecule has 0 unspecified atom stereocenters. The highest BCUT2D eigenvalue weighted by Crippen LogP contribution is 2.11. The lowest BCUT2D eigenvalue weighted by atomic mass is 10.6. The molecule has 2 aromatic rings. The standard InChI is InChI=1S/C9H15N9O/c1-5-12-6(17-19-5)4-11-7-13-8(16-10)15-9(14-7)18(2)3/h4,10H2,1-3H3,(H2,11,13,14,15,16). The third-order valence-electron chi connectivity index (χ3n) is 2.13. The van der Waals surface area contributed by atoms with Crippen molar-refractivity contribution < 1.29 is 4.52 Å². The second-order valence-corrected chi connectivity index (χ2v) is 3.90. The molecule has 2 aromatic heterocycles.